The molecule has 2 atom stereocenters. The molecule has 2 amide bonds. The molecule has 144 valence electrons. The van der Waals surface area contributed by atoms with Crippen molar-refractivity contribution in [3.8, 4) is 0 Å². The molecule has 1 aliphatic carbocycles. The Bertz CT molecular complexity index is 604. The maximum absolute atomic E-state index is 12.2. The van der Waals surface area contributed by atoms with Gasteiger partial charge >= 0.3 is 6.09 Å². The first kappa shape index (κ1) is 20.1. The smallest absolute Gasteiger partial charge is 0.411 e. The molecule has 2 rings (SSSR count). The Kier molecular flexibility index (Phi) is 7.75. The van der Waals surface area contributed by atoms with E-state index in [0.29, 0.717) is 24.1 Å². The molecule has 0 bridgehead atoms. The molecule has 0 saturated heterocycles. The first-order valence-corrected chi connectivity index (χ1v) is 9.51. The van der Waals surface area contributed by atoms with Crippen molar-refractivity contribution in [1.82, 2.24) is 5.32 Å². The number of rotatable bonds is 7. The highest BCUT2D eigenvalue weighted by atomic mass is 16.5. The lowest BCUT2D eigenvalue weighted by atomic mass is 9.86. The van der Waals surface area contributed by atoms with Crippen LogP contribution in [0.5, 0.6) is 0 Å². The number of nitrogens with one attached hydrogen (secondary N) is 3. The second kappa shape index (κ2) is 10.0. The van der Waals surface area contributed by atoms with Crippen molar-refractivity contribution in [2.45, 2.75) is 52.5 Å². The Morgan fingerprint density at radius 3 is 2.65 bits per heavy atom. The van der Waals surface area contributed by atoms with Crippen LogP contribution in [0.1, 0.15) is 46.5 Å². The zero-order chi connectivity index (χ0) is 18.9. The number of carbonyl (C=O) groups excluding carboxylic acids is 2. The van der Waals surface area contributed by atoms with Crippen LogP contribution in [0.25, 0.3) is 0 Å². The summed E-state index contributed by atoms with van der Waals surface area (Å²) in [6.45, 7) is 6.76. The Morgan fingerprint density at radius 1 is 1.19 bits per heavy atom. The summed E-state index contributed by atoms with van der Waals surface area (Å²) in [5.74, 6) is 0.828. The molecule has 1 aromatic rings. The van der Waals surface area contributed by atoms with Crippen LogP contribution in [0.3, 0.4) is 0 Å². The van der Waals surface area contributed by atoms with Crippen LogP contribution in [0.15, 0.2) is 24.3 Å². The van der Waals surface area contributed by atoms with E-state index in [1.165, 1.54) is 19.3 Å². The molecule has 1 fully saturated rings. The molecule has 0 radical (unpaired) electrons. The number of ether oxygens (including phenoxy) is 1. The summed E-state index contributed by atoms with van der Waals surface area (Å²) in [5, 5.41) is 8.93. The largest absolute Gasteiger partial charge is 0.449 e. The number of anilines is 2. The van der Waals surface area contributed by atoms with Crippen LogP contribution < -0.4 is 16.0 Å². The van der Waals surface area contributed by atoms with E-state index in [0.717, 1.165) is 12.1 Å². The Morgan fingerprint density at radius 2 is 1.92 bits per heavy atom. The van der Waals surface area contributed by atoms with Crippen molar-refractivity contribution in [3.63, 3.8) is 0 Å². The summed E-state index contributed by atoms with van der Waals surface area (Å²) in [5.41, 5.74) is 1.41. The summed E-state index contributed by atoms with van der Waals surface area (Å²) >= 11 is 0. The van der Waals surface area contributed by atoms with Gasteiger partial charge in [0.15, 0.2) is 0 Å². The van der Waals surface area contributed by atoms with E-state index < -0.39 is 6.09 Å². The highest BCUT2D eigenvalue weighted by Crippen LogP contribution is 2.23. The molecule has 6 nitrogen and oxygen atoms in total. The lowest BCUT2D eigenvalue weighted by Gasteiger charge is -2.29. The Hall–Kier alpha value is -2.24. The summed E-state index contributed by atoms with van der Waals surface area (Å²) in [7, 11) is 0. The van der Waals surface area contributed by atoms with Gasteiger partial charge in [-0.05, 0) is 42.9 Å². The summed E-state index contributed by atoms with van der Waals surface area (Å²) in [4.78, 5) is 23.9. The maximum atomic E-state index is 12.2. The highest BCUT2D eigenvalue weighted by Gasteiger charge is 2.22. The molecular weight excluding hydrogens is 330 g/mol. The summed E-state index contributed by atoms with van der Waals surface area (Å²) in [6, 6.07) is 7.53. The predicted octanol–water partition coefficient (Wildman–Crippen LogP) is 4.00. The number of hydrogen-bond acceptors (Lipinski definition) is 4. The van der Waals surface area contributed by atoms with Gasteiger partial charge in [0.05, 0.1) is 13.2 Å². The monoisotopic (exact) mass is 361 g/mol. The molecule has 6 heteroatoms. The molecule has 3 N–H and O–H groups in total. The minimum absolute atomic E-state index is 0.00143. The molecular formula is C20H31N3O3. The van der Waals surface area contributed by atoms with Gasteiger partial charge in [0, 0.05) is 17.4 Å². The first-order valence-electron chi connectivity index (χ1n) is 9.51. The van der Waals surface area contributed by atoms with Crippen molar-refractivity contribution in [3.05, 3.63) is 24.3 Å². The van der Waals surface area contributed by atoms with E-state index in [9.17, 15) is 9.59 Å². The van der Waals surface area contributed by atoms with Gasteiger partial charge in [-0.15, -0.1) is 0 Å². The second-order valence-corrected chi connectivity index (χ2v) is 7.49. The molecule has 1 saturated carbocycles. The lowest BCUT2D eigenvalue weighted by Crippen LogP contribution is -2.43. The van der Waals surface area contributed by atoms with E-state index in [4.69, 9.17) is 4.74 Å². The average molecular weight is 361 g/mol. The molecule has 0 spiro atoms. The van der Waals surface area contributed by atoms with Crippen LogP contribution in [0, 0.1) is 11.8 Å². The highest BCUT2D eigenvalue weighted by molar-refractivity contribution is 5.86. The average Bonchev–Trinajstić information content (AvgIpc) is 2.60. The van der Waals surface area contributed by atoms with Gasteiger partial charge in [-0.1, -0.05) is 39.7 Å². The van der Waals surface area contributed by atoms with Gasteiger partial charge < -0.3 is 15.4 Å². The first-order chi connectivity index (χ1) is 12.4. The molecule has 1 aliphatic rings. The van der Waals surface area contributed by atoms with Gasteiger partial charge in [0.1, 0.15) is 0 Å². The fraction of sp³-hybridized carbons (Fsp3) is 0.600. The fourth-order valence-corrected chi connectivity index (χ4v) is 3.07. The molecule has 0 heterocycles. The quantitative estimate of drug-likeness (QED) is 0.686. The Balaban J connectivity index is 1.78. The van der Waals surface area contributed by atoms with E-state index in [1.807, 2.05) is 26.0 Å². The third kappa shape index (κ3) is 6.94. The van der Waals surface area contributed by atoms with Crippen LogP contribution in [-0.4, -0.2) is 31.2 Å². The minimum Gasteiger partial charge on any atom is -0.449 e. The molecule has 2 unspecified atom stereocenters. The van der Waals surface area contributed by atoms with Crippen LogP contribution >= 0.6 is 0 Å². The lowest BCUT2D eigenvalue weighted by molar-refractivity contribution is -0.120. The zero-order valence-corrected chi connectivity index (χ0v) is 16.0. The van der Waals surface area contributed by atoms with Crippen molar-refractivity contribution in [2.24, 2.45) is 11.8 Å². The topological polar surface area (TPSA) is 79.5 Å². The van der Waals surface area contributed by atoms with Crippen molar-refractivity contribution in [2.75, 3.05) is 23.8 Å². The standard InChI is InChI=1S/C20H31N3O3/c1-14(2)13-26-20(25)22-17-9-6-8-16(11-17)21-12-19(24)23-18-10-5-4-7-15(18)3/h6,8-9,11,14-15,18,21H,4-5,7,10,12-13H2,1-3H3,(H,22,25)(H,23,24). The third-order valence-corrected chi connectivity index (χ3v) is 4.57. The van der Waals surface area contributed by atoms with E-state index in [1.54, 1.807) is 12.1 Å². The second-order valence-electron chi connectivity index (χ2n) is 7.49. The van der Waals surface area contributed by atoms with Crippen LogP contribution in [-0.2, 0) is 9.53 Å². The zero-order valence-electron chi connectivity index (χ0n) is 16.0. The normalized spacial score (nSPS) is 19.7. The van der Waals surface area contributed by atoms with Crippen molar-refractivity contribution in [1.29, 1.82) is 0 Å². The number of hydrogen-bond donors (Lipinski definition) is 3. The number of carbonyl (C=O) groups is 2. The van der Waals surface area contributed by atoms with E-state index in [-0.39, 0.29) is 18.5 Å². The van der Waals surface area contributed by atoms with Crippen LogP contribution in [0.2, 0.25) is 0 Å². The Labute approximate surface area is 156 Å². The van der Waals surface area contributed by atoms with Crippen molar-refractivity contribution >= 4 is 23.4 Å². The van der Waals surface area contributed by atoms with Gasteiger partial charge in [-0.2, -0.15) is 0 Å². The van der Waals surface area contributed by atoms with Gasteiger partial charge in [0.2, 0.25) is 5.91 Å². The molecule has 1 aromatic carbocycles. The van der Waals surface area contributed by atoms with Gasteiger partial charge in [0.25, 0.3) is 0 Å². The van der Waals surface area contributed by atoms with Gasteiger partial charge in [-0.3, -0.25) is 10.1 Å². The van der Waals surface area contributed by atoms with Crippen molar-refractivity contribution < 1.29 is 14.3 Å². The number of benzene rings is 1. The summed E-state index contributed by atoms with van der Waals surface area (Å²) in [6.07, 6.45) is 4.21. The molecule has 0 aliphatic heterocycles. The summed E-state index contributed by atoms with van der Waals surface area (Å²) < 4.78 is 5.11. The van der Waals surface area contributed by atoms with E-state index in [2.05, 4.69) is 22.9 Å². The molecule has 0 aromatic heterocycles. The SMILES string of the molecule is CC(C)COC(=O)Nc1cccc(NCC(=O)NC2CCCCC2C)c1. The minimum atomic E-state index is -0.472. The number of amides is 2. The van der Waals surface area contributed by atoms with Gasteiger partial charge in [-0.25, -0.2) is 4.79 Å². The third-order valence-electron chi connectivity index (χ3n) is 4.57. The van der Waals surface area contributed by atoms with E-state index >= 15 is 0 Å². The van der Waals surface area contributed by atoms with Crippen LogP contribution in [0.4, 0.5) is 16.2 Å². The maximum Gasteiger partial charge on any atom is 0.411 e. The predicted molar refractivity (Wildman–Crippen MR) is 104 cm³/mol. The fourth-order valence-electron chi connectivity index (χ4n) is 3.07. The molecule has 26 heavy (non-hydrogen) atoms.